The number of non-ortho nitro benzene ring substituents is 1. The van der Waals surface area contributed by atoms with Crippen molar-refractivity contribution in [2.75, 3.05) is 0 Å². The number of carbonyl (C=O) groups is 1. The molecule has 1 saturated carbocycles. The molecule has 25 heavy (non-hydrogen) atoms. The molecule has 0 bridgehead atoms. The van der Waals surface area contributed by atoms with Gasteiger partial charge in [-0.15, -0.1) is 0 Å². The summed E-state index contributed by atoms with van der Waals surface area (Å²) < 4.78 is 6.54. The van der Waals surface area contributed by atoms with E-state index in [2.05, 4.69) is 28.7 Å². The Kier molecular flexibility index (Phi) is 6.51. The van der Waals surface area contributed by atoms with Gasteiger partial charge in [-0.3, -0.25) is 0 Å². The van der Waals surface area contributed by atoms with Gasteiger partial charge in [-0.05, 0) is 0 Å². The second kappa shape index (κ2) is 8.06. The molecule has 0 saturated heterocycles. The summed E-state index contributed by atoms with van der Waals surface area (Å²) in [5.74, 6) is 0.827. The second-order valence-electron chi connectivity index (χ2n) is 8.61. The van der Waals surface area contributed by atoms with Crippen molar-refractivity contribution < 1.29 is 14.5 Å². The molecule has 0 aliphatic heterocycles. The Balaban J connectivity index is 2.08. The zero-order chi connectivity index (χ0) is 18.8. The quantitative estimate of drug-likeness (QED) is 0.263. The van der Waals surface area contributed by atoms with E-state index in [0.29, 0.717) is 17.4 Å². The van der Waals surface area contributed by atoms with Gasteiger partial charge in [0.25, 0.3) is 0 Å². The molecule has 5 nitrogen and oxygen atoms in total. The molecule has 1 aliphatic carbocycles. The molecule has 3 atom stereocenters. The monoisotopic (exact) mass is 455 g/mol. The van der Waals surface area contributed by atoms with Gasteiger partial charge in [0, 0.05) is 0 Å². The van der Waals surface area contributed by atoms with Crippen molar-refractivity contribution in [3.63, 3.8) is 0 Å². The standard InChI is InChI=1S/C16H20NO4.3CH3.Sn/c1-11(2)13-4-3-5-15(10-13)21-16(18)12-6-8-14(9-7-12)17(19)20;;;;/h3,6-9,11,13,15H,4-5,10H2,1-2H3;3*1H3;/t13-,15-;;;;/m1..../s1. The van der Waals surface area contributed by atoms with Gasteiger partial charge in [0.05, 0.1) is 0 Å². The van der Waals surface area contributed by atoms with Crippen LogP contribution in [0.2, 0.25) is 18.8 Å². The molecule has 0 heterocycles. The van der Waals surface area contributed by atoms with Crippen LogP contribution in [0.4, 0.5) is 5.69 Å². The Hall–Kier alpha value is -1.11. The summed E-state index contributed by atoms with van der Waals surface area (Å²) in [6.45, 7) is 4.50. The van der Waals surface area contributed by atoms with Gasteiger partial charge in [0.2, 0.25) is 0 Å². The van der Waals surface area contributed by atoms with E-state index in [0.717, 1.165) is 16.8 Å². The van der Waals surface area contributed by atoms with Gasteiger partial charge in [0.15, 0.2) is 0 Å². The summed E-state index contributed by atoms with van der Waals surface area (Å²) in [5, 5.41) is 10.7. The fraction of sp³-hybridized carbons (Fsp3) is 0.632. The molecule has 0 radical (unpaired) electrons. The van der Waals surface area contributed by atoms with Gasteiger partial charge in [-0.2, -0.15) is 0 Å². The number of benzene rings is 1. The number of esters is 1. The van der Waals surface area contributed by atoms with E-state index in [1.807, 2.05) is 0 Å². The Labute approximate surface area is 154 Å². The number of hydrogen-bond donors (Lipinski definition) is 0. The van der Waals surface area contributed by atoms with E-state index >= 15 is 0 Å². The number of hydrogen-bond acceptors (Lipinski definition) is 4. The van der Waals surface area contributed by atoms with Crippen molar-refractivity contribution in [2.24, 2.45) is 11.8 Å². The van der Waals surface area contributed by atoms with E-state index < -0.39 is 23.3 Å². The molecule has 2 rings (SSSR count). The summed E-state index contributed by atoms with van der Waals surface area (Å²) in [6, 6.07) is 5.65. The average molecular weight is 454 g/mol. The van der Waals surface area contributed by atoms with Crippen LogP contribution < -0.4 is 0 Å². The maximum absolute atomic E-state index is 12.5. The van der Waals surface area contributed by atoms with Gasteiger partial charge in [-0.25, -0.2) is 0 Å². The first-order chi connectivity index (χ1) is 11.6. The second-order valence-corrected chi connectivity index (χ2v) is 24.4. The Morgan fingerprint density at radius 1 is 1.16 bits per heavy atom. The van der Waals surface area contributed by atoms with Crippen molar-refractivity contribution in [1.82, 2.24) is 0 Å². The summed E-state index contributed by atoms with van der Waals surface area (Å²) in [7, 11) is 0. The number of nitrogens with zero attached hydrogens (tertiary/aromatic N) is 1. The molecular weight excluding hydrogens is 425 g/mol. The Morgan fingerprint density at radius 2 is 1.76 bits per heavy atom. The molecule has 1 aromatic carbocycles. The van der Waals surface area contributed by atoms with E-state index in [4.69, 9.17) is 4.74 Å². The first-order valence-electron chi connectivity index (χ1n) is 9.03. The third kappa shape index (κ3) is 5.43. The average Bonchev–Trinajstić information content (AvgIpc) is 2.53. The number of carbonyl (C=O) groups excluding carboxylic acids is 1. The minimum absolute atomic E-state index is 0.0176. The fourth-order valence-corrected chi connectivity index (χ4v) is 9.25. The summed E-state index contributed by atoms with van der Waals surface area (Å²) in [6.07, 6.45) is 3.13. The van der Waals surface area contributed by atoms with Crippen molar-refractivity contribution in [1.29, 1.82) is 0 Å². The first kappa shape index (κ1) is 20.2. The van der Waals surface area contributed by atoms with Crippen LogP contribution >= 0.6 is 0 Å². The molecule has 6 heteroatoms. The first-order valence-corrected chi connectivity index (χ1v) is 19.2. The topological polar surface area (TPSA) is 69.4 Å². The van der Waals surface area contributed by atoms with Crippen molar-refractivity contribution in [3.8, 4) is 0 Å². The summed E-state index contributed by atoms with van der Waals surface area (Å²) >= 11 is -2.06. The van der Waals surface area contributed by atoms with E-state index in [-0.39, 0.29) is 17.8 Å². The van der Waals surface area contributed by atoms with Crippen LogP contribution in [0.15, 0.2) is 24.3 Å². The van der Waals surface area contributed by atoms with Crippen molar-refractivity contribution in [3.05, 3.63) is 39.9 Å². The van der Waals surface area contributed by atoms with E-state index in [9.17, 15) is 14.9 Å². The van der Waals surface area contributed by atoms with Crippen LogP contribution in [-0.4, -0.2) is 35.4 Å². The molecule has 0 aromatic heterocycles. The zero-order valence-electron chi connectivity index (χ0n) is 15.8. The molecule has 138 valence electrons. The van der Waals surface area contributed by atoms with Crippen LogP contribution in [0.3, 0.4) is 0 Å². The molecular formula is C19H29NO4Sn. The van der Waals surface area contributed by atoms with Gasteiger partial charge < -0.3 is 0 Å². The SMILES string of the molecule is CC(C)[C@H]1C[C@H](OC(=O)c2ccc([N+](=O)[O-])cc2)C[C@H]([Sn]([CH3])([CH3])[CH3])C1. The van der Waals surface area contributed by atoms with Crippen molar-refractivity contribution >= 4 is 30.0 Å². The maximum atomic E-state index is 12.5. The summed E-state index contributed by atoms with van der Waals surface area (Å²) in [4.78, 5) is 30.1. The van der Waals surface area contributed by atoms with Crippen LogP contribution in [0, 0.1) is 22.0 Å². The number of ether oxygens (including phenoxy) is 1. The van der Waals surface area contributed by atoms with E-state index in [1.54, 1.807) is 0 Å². The van der Waals surface area contributed by atoms with E-state index in [1.165, 1.54) is 30.7 Å². The number of nitro benzene ring substituents is 1. The Bertz CT molecular complexity index is 621. The predicted molar refractivity (Wildman–Crippen MR) is 102 cm³/mol. The van der Waals surface area contributed by atoms with Gasteiger partial charge in [-0.1, -0.05) is 0 Å². The van der Waals surface area contributed by atoms with Crippen LogP contribution in [0.25, 0.3) is 0 Å². The molecule has 0 spiro atoms. The third-order valence-electron chi connectivity index (χ3n) is 5.46. The predicted octanol–water partition coefficient (Wildman–Crippen LogP) is 5.28. The van der Waals surface area contributed by atoms with Crippen molar-refractivity contribution in [2.45, 2.75) is 58.0 Å². The summed E-state index contributed by atoms with van der Waals surface area (Å²) in [5.41, 5.74) is 0.365. The third-order valence-corrected chi connectivity index (χ3v) is 13.8. The molecule has 1 aliphatic rings. The van der Waals surface area contributed by atoms with Crippen LogP contribution in [0.1, 0.15) is 43.5 Å². The molecule has 0 N–H and O–H groups in total. The van der Waals surface area contributed by atoms with Crippen LogP contribution in [0.5, 0.6) is 0 Å². The van der Waals surface area contributed by atoms with Gasteiger partial charge in [0.1, 0.15) is 0 Å². The van der Waals surface area contributed by atoms with Crippen LogP contribution in [-0.2, 0) is 4.74 Å². The Morgan fingerprint density at radius 3 is 2.24 bits per heavy atom. The normalized spacial score (nSPS) is 24.2. The number of nitro groups is 1. The molecule has 0 unspecified atom stereocenters. The molecule has 0 amide bonds. The number of rotatable bonds is 5. The van der Waals surface area contributed by atoms with Gasteiger partial charge >= 0.3 is 154 Å². The minimum atomic E-state index is -2.06. The zero-order valence-corrected chi connectivity index (χ0v) is 18.7. The molecule has 1 aromatic rings. The molecule has 1 fully saturated rings. The fourth-order valence-electron chi connectivity index (χ4n) is 3.60.